The predicted molar refractivity (Wildman–Crippen MR) is 258 cm³/mol. The molecule has 0 fully saturated rings. The first-order chi connectivity index (χ1) is 28.0. The number of fused-ring (bicyclic) bond motifs is 11. The second kappa shape index (κ2) is 12.2. The summed E-state index contributed by atoms with van der Waals surface area (Å²) in [5.41, 5.74) is 18.0. The van der Waals surface area contributed by atoms with E-state index in [-0.39, 0.29) is 21.7 Å². The molecule has 1 N–H and O–H groups in total. The molecule has 9 aromatic rings. The molecule has 0 radical (unpaired) electrons. The fraction of sp³-hybridized carbons (Fsp3) is 0.296. The molecular weight excluding hydrogens is 735 g/mol. The Kier molecular flexibility index (Phi) is 7.59. The summed E-state index contributed by atoms with van der Waals surface area (Å²) in [5.74, 6) is 0. The Bertz CT molecular complexity index is 3230. The van der Waals surface area contributed by atoms with Gasteiger partial charge in [0.05, 0.1) is 11.2 Å². The molecule has 0 saturated heterocycles. The number of benzene rings is 6. The van der Waals surface area contributed by atoms with Gasteiger partial charge in [0.25, 0.3) is 0 Å². The van der Waals surface area contributed by atoms with Crippen LogP contribution < -0.4 is 15.6 Å². The number of hydrogen-bond acceptors (Lipinski definition) is 3. The molecular formula is C54H53BN2OS. The molecule has 4 heterocycles. The molecule has 0 unspecified atom stereocenters. The Morgan fingerprint density at radius 3 is 2.05 bits per heavy atom. The van der Waals surface area contributed by atoms with E-state index >= 15 is 0 Å². The lowest BCUT2D eigenvalue weighted by Gasteiger charge is -2.42. The molecule has 2 aliphatic rings. The summed E-state index contributed by atoms with van der Waals surface area (Å²) < 4.78 is 12.0. The monoisotopic (exact) mass is 788 g/mol. The molecule has 3 nitrogen and oxygen atoms in total. The number of aromatic nitrogens is 1. The lowest BCUT2D eigenvalue weighted by Crippen LogP contribution is -2.36. The first kappa shape index (κ1) is 36.8. The van der Waals surface area contributed by atoms with E-state index in [2.05, 4.69) is 182 Å². The van der Waals surface area contributed by atoms with Gasteiger partial charge in [0, 0.05) is 54.1 Å². The van der Waals surface area contributed by atoms with Gasteiger partial charge in [-0.15, -0.1) is 11.3 Å². The fourth-order valence-electron chi connectivity index (χ4n) is 10.3. The molecule has 0 amide bonds. The summed E-state index contributed by atoms with van der Waals surface area (Å²) in [4.78, 5) is 0. The third kappa shape index (κ3) is 5.53. The van der Waals surface area contributed by atoms with Gasteiger partial charge in [-0.25, -0.2) is 0 Å². The van der Waals surface area contributed by atoms with Crippen molar-refractivity contribution in [2.24, 2.45) is 0 Å². The van der Waals surface area contributed by atoms with Gasteiger partial charge in [-0.3, -0.25) is 0 Å². The molecule has 0 saturated carbocycles. The van der Waals surface area contributed by atoms with E-state index < -0.39 is 0 Å². The maximum atomic E-state index is 6.54. The minimum atomic E-state index is 0.0456. The zero-order chi connectivity index (χ0) is 41.0. The summed E-state index contributed by atoms with van der Waals surface area (Å²) >= 11 is 1.97. The quantitative estimate of drug-likeness (QED) is 0.181. The highest BCUT2D eigenvalue weighted by Gasteiger charge is 2.39. The van der Waals surface area contributed by atoms with Crippen LogP contribution in [-0.2, 0) is 21.7 Å². The van der Waals surface area contributed by atoms with Crippen molar-refractivity contribution < 1.29 is 4.42 Å². The van der Waals surface area contributed by atoms with Crippen LogP contribution in [0.2, 0.25) is 0 Å². The number of furan rings is 1. The van der Waals surface area contributed by atoms with Gasteiger partial charge in [-0.05, 0) is 127 Å². The molecule has 0 spiro atoms. The Morgan fingerprint density at radius 1 is 0.627 bits per heavy atom. The second-order valence-electron chi connectivity index (χ2n) is 21.0. The largest absolute Gasteiger partial charge is 0.456 e. The van der Waals surface area contributed by atoms with Crippen molar-refractivity contribution in [1.82, 2.24) is 4.57 Å². The topological polar surface area (TPSA) is 30.1 Å². The zero-order valence-corrected chi connectivity index (χ0v) is 37.0. The number of anilines is 2. The maximum absolute atomic E-state index is 6.54. The van der Waals surface area contributed by atoms with Gasteiger partial charge >= 0.3 is 0 Å². The number of nitrogens with one attached hydrogen (secondary N) is 1. The molecule has 0 atom stereocenters. The highest BCUT2D eigenvalue weighted by atomic mass is 32.1. The fourth-order valence-corrected chi connectivity index (χ4v) is 11.5. The van der Waals surface area contributed by atoms with Gasteiger partial charge in [0.15, 0.2) is 0 Å². The van der Waals surface area contributed by atoms with Crippen LogP contribution in [0.4, 0.5) is 11.4 Å². The van der Waals surface area contributed by atoms with E-state index in [4.69, 9.17) is 4.42 Å². The Balaban J connectivity index is 1.22. The van der Waals surface area contributed by atoms with Crippen LogP contribution in [0.5, 0.6) is 0 Å². The molecule has 1 aliphatic carbocycles. The number of hydrogen-bond donors (Lipinski definition) is 1. The van der Waals surface area contributed by atoms with Crippen LogP contribution >= 0.6 is 11.3 Å². The second-order valence-corrected chi connectivity index (χ2v) is 22.1. The lowest BCUT2D eigenvalue weighted by molar-refractivity contribution is 0.332. The van der Waals surface area contributed by atoms with Crippen LogP contribution in [0, 0.1) is 0 Å². The van der Waals surface area contributed by atoms with Crippen molar-refractivity contribution in [3.63, 3.8) is 0 Å². The van der Waals surface area contributed by atoms with E-state index in [1.165, 1.54) is 105 Å². The van der Waals surface area contributed by atoms with Crippen LogP contribution in [0.3, 0.4) is 0 Å². The predicted octanol–water partition coefficient (Wildman–Crippen LogP) is 14.0. The summed E-state index contributed by atoms with van der Waals surface area (Å²) in [7, 11) is 0.882. The van der Waals surface area contributed by atoms with Crippen molar-refractivity contribution in [3.8, 4) is 16.8 Å². The van der Waals surface area contributed by atoms with Gasteiger partial charge in [-0.1, -0.05) is 118 Å². The van der Waals surface area contributed by atoms with Gasteiger partial charge < -0.3 is 14.3 Å². The smallest absolute Gasteiger partial charge is 0.211 e. The molecule has 6 aromatic carbocycles. The summed E-state index contributed by atoms with van der Waals surface area (Å²) in [6, 6.07) is 39.4. The summed E-state index contributed by atoms with van der Waals surface area (Å²) in [6.45, 7) is 23.6. The molecule has 59 heavy (non-hydrogen) atoms. The van der Waals surface area contributed by atoms with E-state index in [0.29, 0.717) is 0 Å². The highest BCUT2D eigenvalue weighted by molar-refractivity contribution is 7.29. The van der Waals surface area contributed by atoms with Gasteiger partial charge in [-0.2, -0.15) is 0 Å². The van der Waals surface area contributed by atoms with E-state index in [1.54, 1.807) is 0 Å². The summed E-state index contributed by atoms with van der Waals surface area (Å²) in [5, 5.41) is 10.2. The normalized spacial score (nSPS) is 15.9. The molecule has 3 aromatic heterocycles. The minimum absolute atomic E-state index is 0.0456. The molecule has 0 bridgehead atoms. The van der Waals surface area contributed by atoms with Crippen molar-refractivity contribution in [1.29, 1.82) is 0 Å². The van der Waals surface area contributed by atoms with Crippen LogP contribution in [0.25, 0.3) is 70.6 Å². The Labute approximate surface area is 352 Å². The van der Waals surface area contributed by atoms with E-state index in [1.807, 2.05) is 11.3 Å². The Hall–Kier alpha value is -5.26. The average molecular weight is 789 g/mol. The average Bonchev–Trinajstić information content (AvgIpc) is 3.84. The summed E-state index contributed by atoms with van der Waals surface area (Å²) in [6.07, 6.45) is 2.35. The van der Waals surface area contributed by atoms with Crippen molar-refractivity contribution in [3.05, 3.63) is 125 Å². The third-order valence-corrected chi connectivity index (χ3v) is 15.2. The molecule has 1 aliphatic heterocycles. The number of nitrogens with zero attached hydrogens (tertiary/aromatic N) is 1. The minimum Gasteiger partial charge on any atom is -0.456 e. The van der Waals surface area contributed by atoms with E-state index in [9.17, 15) is 0 Å². The standard InChI is InChI=1S/C54H53BN2OS/c1-51(2,3)30-15-18-32(19-16-30)56-42-29-41-40(53(7,8)23-24-54(41,9)10)26-36(42)34-20-21-35-37-28-45-38(33-13-11-12-14-44(33)58-45)27-43(37)57-48(35)47(34)55-50-49(57)39-25-31(52(4,5)6)17-22-46(39)59-50/h11-22,25-29,55-56H,23-24H2,1-10H3. The van der Waals surface area contributed by atoms with Crippen LogP contribution in [-0.4, -0.2) is 11.8 Å². The maximum Gasteiger partial charge on any atom is 0.211 e. The number of para-hydroxylation sites is 1. The number of rotatable bonds is 3. The molecule has 5 heteroatoms. The van der Waals surface area contributed by atoms with Crippen LogP contribution in [0.15, 0.2) is 108 Å². The molecule has 11 rings (SSSR count). The first-order valence-electron chi connectivity index (χ1n) is 21.5. The zero-order valence-electron chi connectivity index (χ0n) is 36.2. The SMILES string of the molecule is CC(C)(C)c1ccc(Nc2cc3c(cc2-c2ccc4c5cc6oc7ccccc7c6cc5n5c4c2Bc2sc4ccc(C(C)(C)C)cc4c2-5)C(C)(C)CCC3(C)C)cc1. The van der Waals surface area contributed by atoms with Crippen LogP contribution in [0.1, 0.15) is 104 Å². The lowest BCUT2D eigenvalue weighted by atomic mass is 9.61. The van der Waals surface area contributed by atoms with E-state index in [0.717, 1.165) is 29.5 Å². The van der Waals surface area contributed by atoms with Crippen molar-refractivity contribution in [2.45, 2.75) is 104 Å². The number of thiophene rings is 1. The third-order valence-electron chi connectivity index (χ3n) is 14.0. The van der Waals surface area contributed by atoms with Gasteiger partial charge in [0.2, 0.25) is 7.28 Å². The van der Waals surface area contributed by atoms with Crippen molar-refractivity contribution >= 4 is 94.1 Å². The first-order valence-corrected chi connectivity index (χ1v) is 22.3. The van der Waals surface area contributed by atoms with Crippen molar-refractivity contribution in [2.75, 3.05) is 5.32 Å². The van der Waals surface area contributed by atoms with Gasteiger partial charge in [0.1, 0.15) is 11.2 Å². The molecule has 294 valence electrons. The highest BCUT2D eigenvalue weighted by Crippen LogP contribution is 2.50. The Morgan fingerprint density at radius 2 is 1.32 bits per heavy atom.